The van der Waals surface area contributed by atoms with Crippen molar-refractivity contribution in [1.82, 2.24) is 4.90 Å². The summed E-state index contributed by atoms with van der Waals surface area (Å²) in [6.07, 6.45) is 0. The van der Waals surface area contributed by atoms with E-state index in [1.807, 2.05) is 18.7 Å². The Morgan fingerprint density at radius 3 is 2.58 bits per heavy atom. The highest BCUT2D eigenvalue weighted by Crippen LogP contribution is 2.14. The summed E-state index contributed by atoms with van der Waals surface area (Å²) >= 11 is 1.93. The van der Waals surface area contributed by atoms with Crippen LogP contribution in [0.1, 0.15) is 12.5 Å². The zero-order chi connectivity index (χ0) is 13.7. The minimum Gasteiger partial charge on any atom is -0.325 e. The van der Waals surface area contributed by atoms with Crippen molar-refractivity contribution in [2.75, 3.05) is 29.9 Å². The molecule has 1 atom stereocenters. The van der Waals surface area contributed by atoms with Gasteiger partial charge in [-0.05, 0) is 31.2 Å². The van der Waals surface area contributed by atoms with E-state index in [-0.39, 0.29) is 11.9 Å². The lowest BCUT2D eigenvalue weighted by molar-refractivity contribution is -0.120. The molecule has 4 nitrogen and oxygen atoms in total. The van der Waals surface area contributed by atoms with Gasteiger partial charge in [0.05, 0.1) is 17.7 Å². The Morgan fingerprint density at radius 1 is 1.37 bits per heavy atom. The monoisotopic (exact) mass is 275 g/mol. The van der Waals surface area contributed by atoms with E-state index in [9.17, 15) is 4.79 Å². The van der Waals surface area contributed by atoms with Gasteiger partial charge in [-0.15, -0.1) is 0 Å². The molecule has 1 aliphatic heterocycles. The van der Waals surface area contributed by atoms with Crippen LogP contribution in [0.25, 0.3) is 0 Å². The van der Waals surface area contributed by atoms with Crippen molar-refractivity contribution < 1.29 is 4.79 Å². The maximum Gasteiger partial charge on any atom is 0.241 e. The molecular formula is C14H17N3OS. The second-order valence-corrected chi connectivity index (χ2v) is 5.73. The van der Waals surface area contributed by atoms with Crippen molar-refractivity contribution >= 4 is 23.4 Å². The van der Waals surface area contributed by atoms with Crippen molar-refractivity contribution in [3.63, 3.8) is 0 Å². The van der Waals surface area contributed by atoms with Crippen LogP contribution in [-0.4, -0.2) is 41.4 Å². The van der Waals surface area contributed by atoms with E-state index in [4.69, 9.17) is 5.26 Å². The number of anilines is 1. The summed E-state index contributed by atoms with van der Waals surface area (Å²) in [5, 5.41) is 11.6. The van der Waals surface area contributed by atoms with Gasteiger partial charge in [0, 0.05) is 30.3 Å². The first-order valence-corrected chi connectivity index (χ1v) is 7.49. The van der Waals surface area contributed by atoms with E-state index in [0.717, 1.165) is 30.3 Å². The summed E-state index contributed by atoms with van der Waals surface area (Å²) in [4.78, 5) is 14.3. The minimum absolute atomic E-state index is 0.0107. The Labute approximate surface area is 117 Å². The summed E-state index contributed by atoms with van der Waals surface area (Å²) < 4.78 is 0. The van der Waals surface area contributed by atoms with Gasteiger partial charge < -0.3 is 5.32 Å². The summed E-state index contributed by atoms with van der Waals surface area (Å²) in [6.45, 7) is 3.87. The molecule has 1 aromatic rings. The molecule has 5 heteroatoms. The lowest BCUT2D eigenvalue weighted by Gasteiger charge is -2.31. The molecule has 0 spiro atoms. The van der Waals surface area contributed by atoms with Crippen LogP contribution in [0.4, 0.5) is 5.69 Å². The Morgan fingerprint density at radius 2 is 2.00 bits per heavy atom. The molecule has 1 unspecified atom stereocenters. The Bertz CT molecular complexity index is 474. The van der Waals surface area contributed by atoms with Gasteiger partial charge in [0.2, 0.25) is 5.91 Å². The van der Waals surface area contributed by atoms with E-state index in [1.165, 1.54) is 0 Å². The summed E-state index contributed by atoms with van der Waals surface area (Å²) in [5.41, 5.74) is 1.33. The van der Waals surface area contributed by atoms with Crippen LogP contribution in [0.15, 0.2) is 24.3 Å². The SMILES string of the molecule is CC(C(=O)Nc1ccc(C#N)cc1)N1CCSCC1. The summed E-state index contributed by atoms with van der Waals surface area (Å²) in [7, 11) is 0. The zero-order valence-corrected chi connectivity index (χ0v) is 11.7. The smallest absolute Gasteiger partial charge is 0.241 e. The quantitative estimate of drug-likeness (QED) is 0.916. The molecular weight excluding hydrogens is 258 g/mol. The van der Waals surface area contributed by atoms with E-state index in [2.05, 4.69) is 16.3 Å². The van der Waals surface area contributed by atoms with Gasteiger partial charge in [0.25, 0.3) is 0 Å². The van der Waals surface area contributed by atoms with Crippen molar-refractivity contribution in [3.05, 3.63) is 29.8 Å². The topological polar surface area (TPSA) is 56.1 Å². The van der Waals surface area contributed by atoms with Crippen LogP contribution in [0.3, 0.4) is 0 Å². The number of rotatable bonds is 3. The van der Waals surface area contributed by atoms with E-state index < -0.39 is 0 Å². The molecule has 1 amide bonds. The second kappa shape index (κ2) is 6.60. The first kappa shape index (κ1) is 13.9. The number of nitrogens with zero attached hydrogens (tertiary/aromatic N) is 2. The van der Waals surface area contributed by atoms with Crippen LogP contribution in [0, 0.1) is 11.3 Å². The predicted octanol–water partition coefficient (Wildman–Crippen LogP) is 1.93. The van der Waals surface area contributed by atoms with Crippen LogP contribution < -0.4 is 5.32 Å². The fourth-order valence-electron chi connectivity index (χ4n) is 2.01. The van der Waals surface area contributed by atoms with Crippen LogP contribution in [0.5, 0.6) is 0 Å². The highest BCUT2D eigenvalue weighted by atomic mass is 32.2. The molecule has 0 bridgehead atoms. The molecule has 1 aliphatic rings. The molecule has 0 aromatic heterocycles. The zero-order valence-electron chi connectivity index (χ0n) is 10.9. The largest absolute Gasteiger partial charge is 0.325 e. The molecule has 1 heterocycles. The first-order chi connectivity index (χ1) is 9.20. The average Bonchev–Trinajstić information content (AvgIpc) is 2.48. The molecule has 2 rings (SSSR count). The third kappa shape index (κ3) is 3.72. The first-order valence-electron chi connectivity index (χ1n) is 6.33. The van der Waals surface area contributed by atoms with Gasteiger partial charge in [0.15, 0.2) is 0 Å². The molecule has 0 radical (unpaired) electrons. The number of carbonyl (C=O) groups is 1. The van der Waals surface area contributed by atoms with Crippen molar-refractivity contribution in [2.24, 2.45) is 0 Å². The number of nitrogens with one attached hydrogen (secondary N) is 1. The third-order valence-corrected chi connectivity index (χ3v) is 4.20. The average molecular weight is 275 g/mol. The normalized spacial score (nSPS) is 17.5. The fourth-order valence-corrected chi connectivity index (χ4v) is 2.94. The van der Waals surface area contributed by atoms with E-state index >= 15 is 0 Å². The number of nitriles is 1. The number of benzene rings is 1. The number of hydrogen-bond acceptors (Lipinski definition) is 4. The molecule has 0 aliphatic carbocycles. The third-order valence-electron chi connectivity index (χ3n) is 3.25. The van der Waals surface area contributed by atoms with Gasteiger partial charge >= 0.3 is 0 Å². The lowest BCUT2D eigenvalue weighted by atomic mass is 10.2. The minimum atomic E-state index is -0.114. The standard InChI is InChI=1S/C14H17N3OS/c1-11(17-6-8-19-9-7-17)14(18)16-13-4-2-12(10-15)3-5-13/h2-5,11H,6-9H2,1H3,(H,16,18). The highest BCUT2D eigenvalue weighted by Gasteiger charge is 2.22. The summed E-state index contributed by atoms with van der Waals surface area (Å²) in [5.74, 6) is 2.19. The highest BCUT2D eigenvalue weighted by molar-refractivity contribution is 7.99. The van der Waals surface area contributed by atoms with Crippen molar-refractivity contribution in [3.8, 4) is 6.07 Å². The van der Waals surface area contributed by atoms with Crippen LogP contribution >= 0.6 is 11.8 Å². The molecule has 0 saturated carbocycles. The van der Waals surface area contributed by atoms with Gasteiger partial charge in [-0.2, -0.15) is 17.0 Å². The Kier molecular flexibility index (Phi) is 4.83. The molecule has 19 heavy (non-hydrogen) atoms. The van der Waals surface area contributed by atoms with E-state index in [1.54, 1.807) is 24.3 Å². The number of carbonyl (C=O) groups excluding carboxylic acids is 1. The van der Waals surface area contributed by atoms with Gasteiger partial charge in [-0.1, -0.05) is 0 Å². The molecule has 1 N–H and O–H groups in total. The lowest BCUT2D eigenvalue weighted by Crippen LogP contribution is -2.46. The van der Waals surface area contributed by atoms with Gasteiger partial charge in [-0.3, -0.25) is 9.69 Å². The van der Waals surface area contributed by atoms with Crippen molar-refractivity contribution in [1.29, 1.82) is 5.26 Å². The second-order valence-electron chi connectivity index (χ2n) is 4.50. The number of amides is 1. The van der Waals surface area contributed by atoms with Crippen molar-refractivity contribution in [2.45, 2.75) is 13.0 Å². The van der Waals surface area contributed by atoms with Crippen LogP contribution in [0.2, 0.25) is 0 Å². The molecule has 1 aromatic carbocycles. The maximum atomic E-state index is 12.1. The van der Waals surface area contributed by atoms with Gasteiger partial charge in [-0.25, -0.2) is 0 Å². The Balaban J connectivity index is 1.93. The van der Waals surface area contributed by atoms with Crippen LogP contribution in [-0.2, 0) is 4.79 Å². The predicted molar refractivity (Wildman–Crippen MR) is 78.1 cm³/mol. The molecule has 1 saturated heterocycles. The van der Waals surface area contributed by atoms with Gasteiger partial charge in [0.1, 0.15) is 0 Å². The summed E-state index contributed by atoms with van der Waals surface area (Å²) in [6, 6.07) is 8.88. The Hall–Kier alpha value is -1.51. The number of hydrogen-bond donors (Lipinski definition) is 1. The molecule has 100 valence electrons. The maximum absolute atomic E-state index is 12.1. The number of thioether (sulfide) groups is 1. The molecule has 1 fully saturated rings. The fraction of sp³-hybridized carbons (Fsp3) is 0.429. The van der Waals surface area contributed by atoms with E-state index in [0.29, 0.717) is 5.56 Å².